The number of piperidine rings is 1. The van der Waals surface area contributed by atoms with Crippen molar-refractivity contribution in [2.75, 3.05) is 23.7 Å². The molecular formula is C14H18ClF2N3O2. The Labute approximate surface area is 133 Å². The molecule has 1 fully saturated rings. The predicted octanol–water partition coefficient (Wildman–Crippen LogP) is 2.28. The number of hydrogen-bond donors (Lipinski definition) is 3. The lowest BCUT2D eigenvalue weighted by Gasteiger charge is -2.22. The van der Waals surface area contributed by atoms with Gasteiger partial charge in [-0.1, -0.05) is 0 Å². The molecular weight excluding hydrogens is 316 g/mol. The molecule has 0 aromatic heterocycles. The highest BCUT2D eigenvalue weighted by atomic mass is 35.5. The predicted molar refractivity (Wildman–Crippen MR) is 82.1 cm³/mol. The summed E-state index contributed by atoms with van der Waals surface area (Å²) < 4.78 is 26.6. The van der Waals surface area contributed by atoms with E-state index in [2.05, 4.69) is 16.0 Å². The average Bonchev–Trinajstić information content (AvgIpc) is 2.44. The van der Waals surface area contributed by atoms with E-state index in [0.717, 1.165) is 31.5 Å². The van der Waals surface area contributed by atoms with Crippen LogP contribution >= 0.6 is 12.4 Å². The molecule has 0 bridgehead atoms. The van der Waals surface area contributed by atoms with E-state index in [4.69, 9.17) is 0 Å². The summed E-state index contributed by atoms with van der Waals surface area (Å²) in [5.41, 5.74) is 0.0955. The summed E-state index contributed by atoms with van der Waals surface area (Å²) in [5.74, 6) is -3.11. The van der Waals surface area contributed by atoms with E-state index in [1.807, 2.05) is 0 Å². The minimum atomic E-state index is -1.09. The number of anilines is 2. The van der Waals surface area contributed by atoms with Gasteiger partial charge in [0.25, 0.3) is 0 Å². The van der Waals surface area contributed by atoms with Gasteiger partial charge in [0.15, 0.2) is 11.6 Å². The lowest BCUT2D eigenvalue weighted by molar-refractivity contribution is -0.120. The lowest BCUT2D eigenvalue weighted by atomic mass is 9.98. The number of amides is 2. The third-order valence-electron chi connectivity index (χ3n) is 3.30. The van der Waals surface area contributed by atoms with Crippen molar-refractivity contribution >= 4 is 35.6 Å². The van der Waals surface area contributed by atoms with Crippen molar-refractivity contribution in [3.63, 3.8) is 0 Å². The molecule has 2 amide bonds. The van der Waals surface area contributed by atoms with Crippen LogP contribution in [0.5, 0.6) is 0 Å². The van der Waals surface area contributed by atoms with Crippen LogP contribution in [0.1, 0.15) is 19.8 Å². The molecule has 1 saturated heterocycles. The van der Waals surface area contributed by atoms with Crippen LogP contribution in [0.15, 0.2) is 12.1 Å². The molecule has 0 radical (unpaired) electrons. The summed E-state index contributed by atoms with van der Waals surface area (Å²) in [7, 11) is 0. The number of carbonyl (C=O) groups is 2. The van der Waals surface area contributed by atoms with Crippen LogP contribution in [-0.4, -0.2) is 24.9 Å². The van der Waals surface area contributed by atoms with E-state index in [9.17, 15) is 18.4 Å². The molecule has 8 heteroatoms. The first-order valence-corrected chi connectivity index (χ1v) is 6.75. The second-order valence-electron chi connectivity index (χ2n) is 5.03. The Bertz CT molecular complexity index is 563. The fourth-order valence-corrected chi connectivity index (χ4v) is 2.25. The van der Waals surface area contributed by atoms with E-state index in [-0.39, 0.29) is 35.6 Å². The number of rotatable bonds is 3. The maximum atomic E-state index is 13.3. The molecule has 0 saturated carbocycles. The molecule has 1 aromatic rings. The molecule has 2 rings (SSSR count). The van der Waals surface area contributed by atoms with E-state index >= 15 is 0 Å². The summed E-state index contributed by atoms with van der Waals surface area (Å²) in [6.45, 7) is 2.66. The number of nitrogens with one attached hydrogen (secondary N) is 3. The minimum absolute atomic E-state index is 0. The SMILES string of the molecule is CC(=O)Nc1cc(F)c(F)cc1NC(=O)C1CCCNC1.Cl. The van der Waals surface area contributed by atoms with Gasteiger partial charge in [0.05, 0.1) is 17.3 Å². The molecule has 0 aliphatic carbocycles. The minimum Gasteiger partial charge on any atom is -0.324 e. The zero-order valence-electron chi connectivity index (χ0n) is 12.0. The van der Waals surface area contributed by atoms with E-state index < -0.39 is 17.5 Å². The molecule has 1 aliphatic heterocycles. The van der Waals surface area contributed by atoms with Gasteiger partial charge in [0.2, 0.25) is 11.8 Å². The second kappa shape index (κ2) is 8.05. The third kappa shape index (κ3) is 4.64. The monoisotopic (exact) mass is 333 g/mol. The largest absolute Gasteiger partial charge is 0.324 e. The Kier molecular flexibility index (Phi) is 6.70. The van der Waals surface area contributed by atoms with Crippen LogP contribution in [0.4, 0.5) is 20.2 Å². The zero-order chi connectivity index (χ0) is 15.4. The van der Waals surface area contributed by atoms with Gasteiger partial charge in [0.1, 0.15) is 0 Å². The highest BCUT2D eigenvalue weighted by Crippen LogP contribution is 2.26. The van der Waals surface area contributed by atoms with Crippen LogP contribution in [0, 0.1) is 17.6 Å². The summed E-state index contributed by atoms with van der Waals surface area (Å²) in [6, 6.07) is 1.72. The van der Waals surface area contributed by atoms with Gasteiger partial charge in [-0.25, -0.2) is 8.78 Å². The normalized spacial score (nSPS) is 17.3. The fraction of sp³-hybridized carbons (Fsp3) is 0.429. The third-order valence-corrected chi connectivity index (χ3v) is 3.30. The molecule has 1 unspecified atom stereocenters. The highest BCUT2D eigenvalue weighted by molar-refractivity contribution is 5.99. The zero-order valence-corrected chi connectivity index (χ0v) is 12.9. The van der Waals surface area contributed by atoms with Crippen LogP contribution in [0.2, 0.25) is 0 Å². The van der Waals surface area contributed by atoms with Crippen LogP contribution in [0.25, 0.3) is 0 Å². The van der Waals surface area contributed by atoms with Crippen molar-refractivity contribution in [2.45, 2.75) is 19.8 Å². The summed E-state index contributed by atoms with van der Waals surface area (Å²) in [4.78, 5) is 23.2. The van der Waals surface area contributed by atoms with Crippen molar-refractivity contribution < 1.29 is 18.4 Å². The lowest BCUT2D eigenvalue weighted by Crippen LogP contribution is -2.37. The van der Waals surface area contributed by atoms with Crippen molar-refractivity contribution in [3.05, 3.63) is 23.8 Å². The van der Waals surface area contributed by atoms with Gasteiger partial charge in [-0.15, -0.1) is 12.4 Å². The Morgan fingerprint density at radius 1 is 1.18 bits per heavy atom. The maximum Gasteiger partial charge on any atom is 0.228 e. The number of carbonyl (C=O) groups excluding carboxylic acids is 2. The first kappa shape index (κ1) is 18.3. The van der Waals surface area contributed by atoms with Crippen LogP contribution in [0.3, 0.4) is 0 Å². The van der Waals surface area contributed by atoms with Crippen molar-refractivity contribution in [1.29, 1.82) is 0 Å². The summed E-state index contributed by atoms with van der Waals surface area (Å²) >= 11 is 0. The highest BCUT2D eigenvalue weighted by Gasteiger charge is 2.22. The van der Waals surface area contributed by atoms with Crippen LogP contribution in [-0.2, 0) is 9.59 Å². The smallest absolute Gasteiger partial charge is 0.228 e. The number of halogens is 3. The van der Waals surface area contributed by atoms with Crippen LogP contribution < -0.4 is 16.0 Å². The Morgan fingerprint density at radius 3 is 2.27 bits per heavy atom. The molecule has 1 aromatic carbocycles. The summed E-state index contributed by atoms with van der Waals surface area (Å²) in [5, 5.41) is 8.03. The van der Waals surface area contributed by atoms with Gasteiger partial charge >= 0.3 is 0 Å². The van der Waals surface area contributed by atoms with E-state index in [1.165, 1.54) is 6.92 Å². The molecule has 3 N–H and O–H groups in total. The van der Waals surface area contributed by atoms with Gasteiger partial charge in [-0.3, -0.25) is 9.59 Å². The molecule has 1 heterocycles. The van der Waals surface area contributed by atoms with E-state index in [0.29, 0.717) is 6.54 Å². The van der Waals surface area contributed by atoms with E-state index in [1.54, 1.807) is 0 Å². The van der Waals surface area contributed by atoms with Gasteiger partial charge in [-0.2, -0.15) is 0 Å². The van der Waals surface area contributed by atoms with Crippen molar-refractivity contribution in [1.82, 2.24) is 5.32 Å². The number of hydrogen-bond acceptors (Lipinski definition) is 3. The molecule has 1 aliphatic rings. The molecule has 122 valence electrons. The second-order valence-corrected chi connectivity index (χ2v) is 5.03. The van der Waals surface area contributed by atoms with Crippen molar-refractivity contribution in [3.8, 4) is 0 Å². The molecule has 0 spiro atoms. The van der Waals surface area contributed by atoms with Gasteiger partial charge in [0, 0.05) is 25.6 Å². The fourth-order valence-electron chi connectivity index (χ4n) is 2.25. The molecule has 1 atom stereocenters. The summed E-state index contributed by atoms with van der Waals surface area (Å²) in [6.07, 6.45) is 1.62. The Morgan fingerprint density at radius 2 is 1.77 bits per heavy atom. The quantitative estimate of drug-likeness (QED) is 0.795. The first-order chi connectivity index (χ1) is 9.97. The first-order valence-electron chi connectivity index (χ1n) is 6.75. The molecule has 22 heavy (non-hydrogen) atoms. The topological polar surface area (TPSA) is 70.2 Å². The maximum absolute atomic E-state index is 13.3. The molecule has 5 nitrogen and oxygen atoms in total. The van der Waals surface area contributed by atoms with Crippen molar-refractivity contribution in [2.24, 2.45) is 5.92 Å². The average molecular weight is 334 g/mol. The van der Waals surface area contributed by atoms with Gasteiger partial charge in [-0.05, 0) is 19.4 Å². The Hall–Kier alpha value is -1.73. The van der Waals surface area contributed by atoms with Gasteiger partial charge < -0.3 is 16.0 Å². The Balaban J connectivity index is 0.00000242. The number of benzene rings is 1. The standard InChI is InChI=1S/C14H17F2N3O2.ClH/c1-8(20)18-12-5-10(15)11(16)6-13(12)19-14(21)9-3-2-4-17-7-9;/h5-6,9,17H,2-4,7H2,1H3,(H,18,20)(H,19,21);1H.